The van der Waals surface area contributed by atoms with Crippen LogP contribution in [0.2, 0.25) is 0 Å². The van der Waals surface area contributed by atoms with Gasteiger partial charge in [-0.1, -0.05) is 92.1 Å². The third-order valence-electron chi connectivity index (χ3n) is 10.9. The van der Waals surface area contributed by atoms with Crippen LogP contribution in [-0.4, -0.2) is 77.4 Å². The number of fused-ring (bicyclic) bond motifs is 1. The minimum atomic E-state index is -0.867. The van der Waals surface area contributed by atoms with Crippen LogP contribution in [0.15, 0.2) is 84.9 Å². The van der Waals surface area contributed by atoms with Gasteiger partial charge >= 0.3 is 0 Å². The van der Waals surface area contributed by atoms with Crippen molar-refractivity contribution in [2.75, 3.05) is 31.2 Å². The van der Waals surface area contributed by atoms with Crippen LogP contribution in [-0.2, 0) is 32.1 Å². The lowest BCUT2D eigenvalue weighted by Gasteiger charge is -2.44. The number of hydrogen-bond acceptors (Lipinski definition) is 6. The second-order valence-electron chi connectivity index (χ2n) is 13.9. The zero-order chi connectivity index (χ0) is 33.8. The molecule has 3 fully saturated rings. The van der Waals surface area contributed by atoms with Crippen molar-refractivity contribution in [3.05, 3.63) is 102 Å². The Morgan fingerprint density at radius 3 is 2.20 bits per heavy atom. The third-order valence-corrected chi connectivity index (χ3v) is 10.9. The van der Waals surface area contributed by atoms with Gasteiger partial charge in [0.1, 0.15) is 18.1 Å². The van der Waals surface area contributed by atoms with Gasteiger partial charge in [0.05, 0.1) is 12.7 Å². The lowest BCUT2D eigenvalue weighted by molar-refractivity contribution is -0.142. The molecule has 0 radical (unpaired) electrons. The first kappa shape index (κ1) is 32.8. The first-order valence-electron chi connectivity index (χ1n) is 17.8. The van der Waals surface area contributed by atoms with E-state index in [9.17, 15) is 19.2 Å². The molecule has 0 bridgehead atoms. The predicted octanol–water partition coefficient (Wildman–Crippen LogP) is 3.67. The Bertz CT molecular complexity index is 1650. The SMILES string of the molecule is O=C(CN1CN(c2ccccc2)C2(CCN(C(=O)C(NC(=O)C3Cc4ccccc4CN3)c3ccccc3)CC2)C1=O)NC1CCCCC1. The molecule has 0 aromatic heterocycles. The number of piperidine rings is 1. The molecule has 1 spiro atoms. The lowest BCUT2D eigenvalue weighted by Crippen LogP contribution is -2.59. The molecular weight excluding hydrogens is 616 g/mol. The summed E-state index contributed by atoms with van der Waals surface area (Å²) in [6, 6.07) is 26.2. The van der Waals surface area contributed by atoms with Crippen molar-refractivity contribution >= 4 is 29.3 Å². The Kier molecular flexibility index (Phi) is 9.66. The van der Waals surface area contributed by atoms with Crippen LogP contribution in [0, 0.1) is 0 Å². The van der Waals surface area contributed by atoms with Gasteiger partial charge in [-0.15, -0.1) is 0 Å². The average Bonchev–Trinajstić information content (AvgIpc) is 3.40. The van der Waals surface area contributed by atoms with Gasteiger partial charge in [-0.05, 0) is 60.9 Å². The molecule has 3 aliphatic heterocycles. The van der Waals surface area contributed by atoms with Crippen LogP contribution in [0.5, 0.6) is 0 Å². The molecule has 7 rings (SSSR count). The van der Waals surface area contributed by atoms with Gasteiger partial charge in [0.2, 0.25) is 17.7 Å². The van der Waals surface area contributed by atoms with Crippen LogP contribution in [0.1, 0.15) is 67.7 Å². The molecule has 10 nitrogen and oxygen atoms in total. The molecular formula is C39H46N6O4. The van der Waals surface area contributed by atoms with E-state index in [2.05, 4.69) is 26.9 Å². The number of para-hydroxylation sites is 1. The van der Waals surface area contributed by atoms with Crippen molar-refractivity contribution < 1.29 is 19.2 Å². The summed E-state index contributed by atoms with van der Waals surface area (Å²) >= 11 is 0. The molecule has 4 amide bonds. The molecule has 4 aliphatic rings. The zero-order valence-corrected chi connectivity index (χ0v) is 28.0. The van der Waals surface area contributed by atoms with Crippen LogP contribution < -0.4 is 20.9 Å². The molecule has 3 N–H and O–H groups in total. The number of likely N-dealkylation sites (tertiary alicyclic amines) is 1. The monoisotopic (exact) mass is 662 g/mol. The fraction of sp³-hybridized carbons (Fsp3) is 0.436. The highest BCUT2D eigenvalue weighted by Gasteiger charge is 2.54. The summed E-state index contributed by atoms with van der Waals surface area (Å²) in [5.41, 5.74) is 3.08. The highest BCUT2D eigenvalue weighted by Crippen LogP contribution is 2.40. The van der Waals surface area contributed by atoms with Crippen LogP contribution >= 0.6 is 0 Å². The van der Waals surface area contributed by atoms with Gasteiger partial charge in [0.15, 0.2) is 0 Å². The topological polar surface area (TPSA) is 114 Å². The van der Waals surface area contributed by atoms with Gasteiger partial charge in [-0.2, -0.15) is 0 Å². The van der Waals surface area contributed by atoms with Gasteiger partial charge in [0, 0.05) is 31.4 Å². The minimum Gasteiger partial charge on any atom is -0.352 e. The molecule has 10 heteroatoms. The van der Waals surface area contributed by atoms with Crippen molar-refractivity contribution in [2.24, 2.45) is 0 Å². The summed E-state index contributed by atoms with van der Waals surface area (Å²) < 4.78 is 0. The molecule has 1 aliphatic carbocycles. The van der Waals surface area contributed by atoms with E-state index in [0.29, 0.717) is 45.6 Å². The zero-order valence-electron chi connectivity index (χ0n) is 28.0. The van der Waals surface area contributed by atoms with E-state index in [1.807, 2.05) is 78.9 Å². The molecule has 3 aromatic carbocycles. The number of hydrogen-bond donors (Lipinski definition) is 3. The van der Waals surface area contributed by atoms with Crippen molar-refractivity contribution in [1.82, 2.24) is 25.8 Å². The maximum absolute atomic E-state index is 14.3. The molecule has 2 saturated heterocycles. The molecule has 3 aromatic rings. The van der Waals surface area contributed by atoms with E-state index in [1.54, 1.807) is 9.80 Å². The average molecular weight is 663 g/mol. The van der Waals surface area contributed by atoms with Gasteiger partial charge in [-0.3, -0.25) is 19.2 Å². The predicted molar refractivity (Wildman–Crippen MR) is 187 cm³/mol. The van der Waals surface area contributed by atoms with Crippen LogP contribution in [0.25, 0.3) is 0 Å². The number of amides is 4. The highest BCUT2D eigenvalue weighted by atomic mass is 16.2. The number of nitrogens with zero attached hydrogens (tertiary/aromatic N) is 3. The van der Waals surface area contributed by atoms with E-state index < -0.39 is 17.6 Å². The normalized spacial score (nSPS) is 21.3. The van der Waals surface area contributed by atoms with Gasteiger partial charge in [0.25, 0.3) is 5.91 Å². The molecule has 2 unspecified atom stereocenters. The smallest absolute Gasteiger partial charge is 0.250 e. The van der Waals surface area contributed by atoms with E-state index in [-0.39, 0.29) is 36.2 Å². The van der Waals surface area contributed by atoms with E-state index >= 15 is 0 Å². The van der Waals surface area contributed by atoms with Gasteiger partial charge < -0.3 is 30.7 Å². The Labute approximate surface area is 288 Å². The van der Waals surface area contributed by atoms with Crippen LogP contribution in [0.4, 0.5) is 5.69 Å². The first-order valence-corrected chi connectivity index (χ1v) is 17.8. The molecule has 49 heavy (non-hydrogen) atoms. The quantitative estimate of drug-likeness (QED) is 0.340. The maximum Gasteiger partial charge on any atom is 0.250 e. The third kappa shape index (κ3) is 6.92. The fourth-order valence-electron chi connectivity index (χ4n) is 8.11. The number of rotatable bonds is 8. The van der Waals surface area contributed by atoms with Crippen LogP contribution in [0.3, 0.4) is 0 Å². The van der Waals surface area contributed by atoms with Crippen molar-refractivity contribution in [1.29, 1.82) is 0 Å². The summed E-state index contributed by atoms with van der Waals surface area (Å²) in [4.78, 5) is 60.9. The number of carbonyl (C=O) groups is 4. The minimum absolute atomic E-state index is 0.0187. The molecule has 3 heterocycles. The summed E-state index contributed by atoms with van der Waals surface area (Å²) in [6.45, 7) is 1.63. The van der Waals surface area contributed by atoms with E-state index in [4.69, 9.17) is 0 Å². The Morgan fingerprint density at radius 1 is 0.837 bits per heavy atom. The summed E-state index contributed by atoms with van der Waals surface area (Å²) in [6.07, 6.45) is 6.81. The number of benzene rings is 3. The highest BCUT2D eigenvalue weighted by molar-refractivity contribution is 5.97. The number of anilines is 1. The van der Waals surface area contributed by atoms with Crippen molar-refractivity contribution in [2.45, 2.75) is 81.6 Å². The lowest BCUT2D eigenvalue weighted by atomic mass is 9.85. The van der Waals surface area contributed by atoms with Gasteiger partial charge in [-0.25, -0.2) is 0 Å². The second kappa shape index (κ2) is 14.4. The molecule has 1 saturated carbocycles. The summed E-state index contributed by atoms with van der Waals surface area (Å²) in [5.74, 6) is -0.589. The standard InChI is InChI=1S/C39H46N6O4/c46-34(41-31-16-6-2-7-17-31)26-44-27-45(32-18-8-3-9-19-32)39(38(44)49)20-22-43(23-21-39)37(48)35(28-12-4-1-5-13-28)42-36(47)33-24-29-14-10-11-15-30(29)25-40-33/h1,3-5,8-15,18-19,31,33,35,40H,2,6-7,16-17,20-27H2,(H,41,46)(H,42,47). The Morgan fingerprint density at radius 2 is 1.49 bits per heavy atom. The summed E-state index contributed by atoms with van der Waals surface area (Å²) in [5, 5.41) is 9.57. The second-order valence-corrected chi connectivity index (χ2v) is 13.9. The number of carbonyl (C=O) groups excluding carboxylic acids is 4. The maximum atomic E-state index is 14.3. The van der Waals surface area contributed by atoms with Crippen molar-refractivity contribution in [3.63, 3.8) is 0 Å². The molecule has 256 valence electrons. The van der Waals surface area contributed by atoms with E-state index in [0.717, 1.165) is 42.5 Å². The molecule has 2 atom stereocenters. The number of nitrogens with one attached hydrogen (secondary N) is 3. The van der Waals surface area contributed by atoms with Crippen molar-refractivity contribution in [3.8, 4) is 0 Å². The Hall–Kier alpha value is -4.70. The first-order chi connectivity index (χ1) is 23.9. The largest absolute Gasteiger partial charge is 0.352 e. The van der Waals surface area contributed by atoms with E-state index in [1.165, 1.54) is 12.0 Å². The fourth-order valence-corrected chi connectivity index (χ4v) is 8.11. The summed E-state index contributed by atoms with van der Waals surface area (Å²) in [7, 11) is 0. The Balaban J connectivity index is 1.06.